The number of anilines is 1. The number of amides is 1. The maximum Gasteiger partial charge on any atom is 0.418 e. The minimum atomic E-state index is -4.66. The van der Waals surface area contributed by atoms with Gasteiger partial charge >= 0.3 is 6.18 Å². The molecular weight excluding hydrogens is 497 g/mol. The van der Waals surface area contributed by atoms with Crippen LogP contribution in [-0.4, -0.2) is 22.0 Å². The van der Waals surface area contributed by atoms with Gasteiger partial charge in [0.25, 0.3) is 5.91 Å². The van der Waals surface area contributed by atoms with Crippen LogP contribution in [0, 0.1) is 0 Å². The van der Waals surface area contributed by atoms with Gasteiger partial charge in [-0.25, -0.2) is 4.98 Å². The summed E-state index contributed by atoms with van der Waals surface area (Å²) in [6.45, 7) is 1.77. The first-order chi connectivity index (χ1) is 16.6. The van der Waals surface area contributed by atoms with Crippen LogP contribution < -0.4 is 10.6 Å². The van der Waals surface area contributed by atoms with Crippen molar-refractivity contribution in [2.45, 2.75) is 24.5 Å². The number of halogens is 4. The molecule has 2 aromatic carbocycles. The summed E-state index contributed by atoms with van der Waals surface area (Å²) in [5.74, 6) is -0.719. The third kappa shape index (κ3) is 5.52. The standard InChI is InChI=1S/C25H20ClF3N4OS/c1-15(32-22(16-8-4-2-5-9-16)17-10-6-3-7-11-17)24-33(14-20(35-24)23(30)34)21-12-18(25(27,28)29)19(26)13-31-21/h2-14,22,24H,1H3,(H2,30,34). The van der Waals surface area contributed by atoms with Crippen molar-refractivity contribution in [3.05, 3.63) is 106 Å². The van der Waals surface area contributed by atoms with Crippen molar-refractivity contribution >= 4 is 40.8 Å². The van der Waals surface area contributed by atoms with Crippen molar-refractivity contribution in [2.75, 3.05) is 4.90 Å². The van der Waals surface area contributed by atoms with Crippen molar-refractivity contribution in [1.29, 1.82) is 0 Å². The van der Waals surface area contributed by atoms with Gasteiger partial charge in [-0.2, -0.15) is 13.2 Å². The van der Waals surface area contributed by atoms with Crippen molar-refractivity contribution in [3.8, 4) is 0 Å². The molecule has 1 aliphatic rings. The van der Waals surface area contributed by atoms with Crippen LogP contribution in [0.2, 0.25) is 5.02 Å². The molecule has 1 aliphatic heterocycles. The number of nitrogens with two attached hydrogens (primary N) is 1. The van der Waals surface area contributed by atoms with Gasteiger partial charge < -0.3 is 10.6 Å². The Labute approximate surface area is 209 Å². The van der Waals surface area contributed by atoms with Crippen LogP contribution in [0.25, 0.3) is 0 Å². The third-order valence-electron chi connectivity index (χ3n) is 5.32. The molecule has 0 spiro atoms. The van der Waals surface area contributed by atoms with E-state index in [1.165, 1.54) is 11.1 Å². The molecule has 1 amide bonds. The molecule has 2 heterocycles. The summed E-state index contributed by atoms with van der Waals surface area (Å²) >= 11 is 6.86. The van der Waals surface area contributed by atoms with E-state index in [2.05, 4.69) is 4.98 Å². The molecule has 0 saturated heterocycles. The van der Waals surface area contributed by atoms with Crippen molar-refractivity contribution in [3.63, 3.8) is 0 Å². The van der Waals surface area contributed by atoms with Gasteiger partial charge in [0.1, 0.15) is 11.2 Å². The maximum atomic E-state index is 13.5. The van der Waals surface area contributed by atoms with Gasteiger partial charge in [0.05, 0.1) is 21.5 Å². The predicted octanol–water partition coefficient (Wildman–Crippen LogP) is 6.21. The first-order valence-electron chi connectivity index (χ1n) is 10.5. The Morgan fingerprint density at radius 3 is 2.20 bits per heavy atom. The van der Waals surface area contributed by atoms with E-state index >= 15 is 0 Å². The highest BCUT2D eigenvalue weighted by Gasteiger charge is 2.37. The van der Waals surface area contributed by atoms with Gasteiger partial charge in [0.15, 0.2) is 0 Å². The zero-order valence-electron chi connectivity index (χ0n) is 18.4. The van der Waals surface area contributed by atoms with E-state index in [0.29, 0.717) is 5.71 Å². The van der Waals surface area contributed by atoms with Crippen molar-refractivity contribution in [1.82, 2.24) is 4.98 Å². The number of thioether (sulfide) groups is 1. The zero-order valence-corrected chi connectivity index (χ0v) is 20.0. The van der Waals surface area contributed by atoms with Gasteiger partial charge in [-0.3, -0.25) is 9.79 Å². The third-order valence-corrected chi connectivity index (χ3v) is 6.98. The van der Waals surface area contributed by atoms with Gasteiger partial charge in [0, 0.05) is 18.1 Å². The number of pyridine rings is 1. The number of hydrogen-bond donors (Lipinski definition) is 1. The van der Waals surface area contributed by atoms with E-state index in [4.69, 9.17) is 22.3 Å². The molecule has 0 fully saturated rings. The van der Waals surface area contributed by atoms with Crippen LogP contribution in [0.15, 0.2) is 89.0 Å². The minimum absolute atomic E-state index is 0.0269. The Hall–Kier alpha value is -3.30. The van der Waals surface area contributed by atoms with Crippen LogP contribution >= 0.6 is 23.4 Å². The number of nitrogens with zero attached hydrogens (tertiary/aromatic N) is 3. The molecule has 180 valence electrons. The highest BCUT2D eigenvalue weighted by molar-refractivity contribution is 8.05. The molecule has 1 atom stereocenters. The molecule has 0 radical (unpaired) electrons. The molecule has 35 heavy (non-hydrogen) atoms. The Morgan fingerprint density at radius 1 is 1.11 bits per heavy atom. The number of alkyl halides is 3. The fourth-order valence-corrected chi connectivity index (χ4v) is 4.92. The van der Waals surface area contributed by atoms with E-state index in [0.717, 1.165) is 35.2 Å². The minimum Gasteiger partial charge on any atom is -0.365 e. The number of aromatic nitrogens is 1. The molecule has 1 aromatic heterocycles. The number of carbonyl (C=O) groups is 1. The van der Waals surface area contributed by atoms with Crippen molar-refractivity contribution < 1.29 is 18.0 Å². The Balaban J connectivity index is 1.77. The van der Waals surface area contributed by atoms with Crippen LogP contribution in [0.3, 0.4) is 0 Å². The molecule has 0 saturated carbocycles. The number of rotatable bonds is 6. The lowest BCUT2D eigenvalue weighted by atomic mass is 9.99. The molecule has 10 heteroatoms. The van der Waals surface area contributed by atoms with Crippen LogP contribution in [0.4, 0.5) is 19.0 Å². The molecule has 2 N–H and O–H groups in total. The maximum absolute atomic E-state index is 13.5. The normalized spacial score (nSPS) is 16.5. The molecule has 4 rings (SSSR count). The SMILES string of the molecule is CC(=NC(c1ccccc1)c1ccccc1)C1SC(C(N)=O)=CN1c1cc(C(F)(F)F)c(Cl)cn1. The second-order valence-corrected chi connectivity index (χ2v) is 9.28. The number of primary amides is 1. The summed E-state index contributed by atoms with van der Waals surface area (Å²) in [4.78, 5) is 22.6. The van der Waals surface area contributed by atoms with Gasteiger partial charge in [-0.05, 0) is 24.1 Å². The largest absolute Gasteiger partial charge is 0.418 e. The van der Waals surface area contributed by atoms with Crippen molar-refractivity contribution in [2.24, 2.45) is 10.7 Å². The lowest BCUT2D eigenvalue weighted by molar-refractivity contribution is -0.137. The van der Waals surface area contributed by atoms with Crippen LogP contribution in [0.5, 0.6) is 0 Å². The molecule has 1 unspecified atom stereocenters. The molecule has 0 bridgehead atoms. The van der Waals surface area contributed by atoms with Gasteiger partial charge in [-0.15, -0.1) is 0 Å². The van der Waals surface area contributed by atoms with E-state index in [1.54, 1.807) is 6.92 Å². The van der Waals surface area contributed by atoms with E-state index in [1.807, 2.05) is 60.7 Å². The van der Waals surface area contributed by atoms with Gasteiger partial charge in [0.2, 0.25) is 0 Å². The van der Waals surface area contributed by atoms with Gasteiger partial charge in [-0.1, -0.05) is 84.0 Å². The second-order valence-electron chi connectivity index (χ2n) is 7.75. The molecule has 0 aliphatic carbocycles. The zero-order chi connectivity index (χ0) is 25.2. The van der Waals surface area contributed by atoms with Crippen LogP contribution in [-0.2, 0) is 11.0 Å². The Kier molecular flexibility index (Phi) is 7.18. The number of hydrogen-bond acceptors (Lipinski definition) is 5. The molecule has 3 aromatic rings. The van der Waals surface area contributed by atoms with E-state index in [-0.39, 0.29) is 16.8 Å². The lowest BCUT2D eigenvalue weighted by Crippen LogP contribution is -2.32. The van der Waals surface area contributed by atoms with E-state index < -0.39 is 28.0 Å². The fraction of sp³-hybridized carbons (Fsp3) is 0.160. The summed E-state index contributed by atoms with van der Waals surface area (Å²) in [5.41, 5.74) is 6.94. The average molecular weight is 517 g/mol. The summed E-state index contributed by atoms with van der Waals surface area (Å²) in [6, 6.07) is 19.8. The topological polar surface area (TPSA) is 71.6 Å². The lowest BCUT2D eigenvalue weighted by Gasteiger charge is -2.26. The predicted molar refractivity (Wildman–Crippen MR) is 133 cm³/mol. The summed E-state index contributed by atoms with van der Waals surface area (Å²) in [5, 5.41) is -1.15. The molecular formula is C25H20ClF3N4OS. The fourth-order valence-electron chi connectivity index (χ4n) is 3.66. The summed E-state index contributed by atoms with van der Waals surface area (Å²) in [6.07, 6.45) is -2.32. The quantitative estimate of drug-likeness (QED) is 0.395. The summed E-state index contributed by atoms with van der Waals surface area (Å²) in [7, 11) is 0. The first-order valence-corrected chi connectivity index (χ1v) is 11.7. The number of carbonyl (C=O) groups excluding carboxylic acids is 1. The van der Waals surface area contributed by atoms with E-state index in [9.17, 15) is 18.0 Å². The monoisotopic (exact) mass is 516 g/mol. The average Bonchev–Trinajstić information content (AvgIpc) is 3.29. The number of aliphatic imine (C=N–C) groups is 1. The smallest absolute Gasteiger partial charge is 0.365 e. The summed E-state index contributed by atoms with van der Waals surface area (Å²) < 4.78 is 40.4. The molecule has 5 nitrogen and oxygen atoms in total. The second kappa shape index (κ2) is 10.1. The highest BCUT2D eigenvalue weighted by Crippen LogP contribution is 2.41. The highest BCUT2D eigenvalue weighted by atomic mass is 35.5. The Bertz CT molecular complexity index is 1240. The first kappa shape index (κ1) is 24.8. The Morgan fingerprint density at radius 2 is 1.69 bits per heavy atom. The van der Waals surface area contributed by atoms with Crippen LogP contribution in [0.1, 0.15) is 29.7 Å². The number of benzene rings is 2.